The average molecular weight is 291 g/mol. The van der Waals surface area contributed by atoms with E-state index < -0.39 is 0 Å². The fraction of sp³-hybridized carbons (Fsp3) is 0.455. The molecule has 0 spiro atoms. The maximum absolute atomic E-state index is 12.2. The first-order valence-corrected chi connectivity index (χ1v) is 6.95. The lowest BCUT2D eigenvalue weighted by molar-refractivity contribution is 0.0760. The van der Waals surface area contributed by atoms with E-state index in [-0.39, 0.29) is 11.8 Å². The summed E-state index contributed by atoms with van der Waals surface area (Å²) in [6, 6.07) is 1.73. The molecule has 1 aromatic rings. The number of carbonyl (C=O) groups excluding carboxylic acids is 1. The molecule has 0 radical (unpaired) electrons. The van der Waals surface area contributed by atoms with Gasteiger partial charge >= 0.3 is 0 Å². The van der Waals surface area contributed by atoms with E-state index in [1.807, 2.05) is 13.8 Å². The lowest BCUT2D eigenvalue weighted by Crippen LogP contribution is -2.37. The van der Waals surface area contributed by atoms with Crippen molar-refractivity contribution in [3.8, 4) is 0 Å². The van der Waals surface area contributed by atoms with Gasteiger partial charge in [0.2, 0.25) is 0 Å². The van der Waals surface area contributed by atoms with Crippen LogP contribution in [0, 0.1) is 5.92 Å². The molecule has 6 heteroatoms. The second-order valence-corrected chi connectivity index (χ2v) is 5.54. The summed E-state index contributed by atoms with van der Waals surface area (Å²) in [7, 11) is 0. The number of carbonyl (C=O) groups is 1. The van der Waals surface area contributed by atoms with Gasteiger partial charge in [0.1, 0.15) is 4.88 Å². The number of rotatable bonds is 5. The van der Waals surface area contributed by atoms with Crippen LogP contribution in [0.15, 0.2) is 11.4 Å². The third kappa shape index (κ3) is 3.66. The number of hydrogen-bond donors (Lipinski definition) is 1. The molecule has 0 aromatic carbocycles. The molecule has 0 fully saturated rings. The van der Waals surface area contributed by atoms with Gasteiger partial charge in [-0.1, -0.05) is 30.7 Å². The lowest BCUT2D eigenvalue weighted by Gasteiger charge is -2.23. The van der Waals surface area contributed by atoms with E-state index in [2.05, 4.69) is 0 Å². The van der Waals surface area contributed by atoms with Crippen LogP contribution < -0.4 is 5.73 Å². The minimum Gasteiger partial charge on any atom is -0.393 e. The van der Waals surface area contributed by atoms with Crippen LogP contribution in [-0.2, 0) is 0 Å². The molecule has 3 nitrogen and oxygen atoms in total. The molecule has 0 aliphatic carbocycles. The first kappa shape index (κ1) is 14.4. The van der Waals surface area contributed by atoms with Crippen molar-refractivity contribution in [2.24, 2.45) is 11.7 Å². The summed E-state index contributed by atoms with van der Waals surface area (Å²) in [6.07, 6.45) is 0. The fourth-order valence-corrected chi connectivity index (χ4v) is 2.54. The Bertz CT molecular complexity index is 419. The normalized spacial score (nSPS) is 12.2. The molecule has 2 N–H and O–H groups in total. The Morgan fingerprint density at radius 2 is 2.35 bits per heavy atom. The minimum absolute atomic E-state index is 0.00707. The molecule has 1 aromatic heterocycles. The first-order chi connectivity index (χ1) is 7.97. The standard InChI is InChI=1S/C11H15ClN2OS2/c1-3-14(6-7(2)10(13)16)11(15)9-8(12)4-5-17-9/h4-5,7H,3,6H2,1-2H3,(H2,13,16). The molecular formula is C11H15ClN2OS2. The van der Waals surface area contributed by atoms with Gasteiger partial charge in [-0.25, -0.2) is 0 Å². The molecule has 17 heavy (non-hydrogen) atoms. The summed E-state index contributed by atoms with van der Waals surface area (Å²) in [4.78, 5) is 14.9. The summed E-state index contributed by atoms with van der Waals surface area (Å²) in [5, 5.41) is 2.31. The highest BCUT2D eigenvalue weighted by atomic mass is 35.5. The Kier molecular flexibility index (Phi) is 5.36. The SMILES string of the molecule is CCN(CC(C)C(N)=S)C(=O)c1sccc1Cl. The number of nitrogens with zero attached hydrogens (tertiary/aromatic N) is 1. The largest absolute Gasteiger partial charge is 0.393 e. The van der Waals surface area contributed by atoms with Crippen molar-refractivity contribution < 1.29 is 4.79 Å². The number of amides is 1. The summed E-state index contributed by atoms with van der Waals surface area (Å²) < 4.78 is 0. The van der Waals surface area contributed by atoms with Crippen LogP contribution in [-0.4, -0.2) is 28.9 Å². The molecule has 1 atom stereocenters. The fourth-order valence-electron chi connectivity index (χ4n) is 1.37. The zero-order valence-electron chi connectivity index (χ0n) is 9.77. The molecule has 1 unspecified atom stereocenters. The number of halogens is 1. The van der Waals surface area contributed by atoms with Gasteiger partial charge in [-0.3, -0.25) is 4.79 Å². The van der Waals surface area contributed by atoms with Crippen LogP contribution in [0.3, 0.4) is 0 Å². The van der Waals surface area contributed by atoms with Gasteiger partial charge in [-0.05, 0) is 18.4 Å². The molecule has 1 heterocycles. The van der Waals surface area contributed by atoms with E-state index >= 15 is 0 Å². The third-order valence-corrected chi connectivity index (χ3v) is 4.19. The summed E-state index contributed by atoms with van der Waals surface area (Å²) >= 11 is 12.2. The second-order valence-electron chi connectivity index (χ2n) is 3.74. The van der Waals surface area contributed by atoms with Crippen LogP contribution in [0.2, 0.25) is 5.02 Å². The van der Waals surface area contributed by atoms with Gasteiger partial charge in [-0.2, -0.15) is 0 Å². The van der Waals surface area contributed by atoms with Crippen LogP contribution in [0.1, 0.15) is 23.5 Å². The van der Waals surface area contributed by atoms with Crippen molar-refractivity contribution in [2.45, 2.75) is 13.8 Å². The Balaban J connectivity index is 2.78. The number of thiophene rings is 1. The number of thiocarbonyl (C=S) groups is 1. The van der Waals surface area contributed by atoms with Crippen molar-refractivity contribution in [3.63, 3.8) is 0 Å². The first-order valence-electron chi connectivity index (χ1n) is 5.29. The molecular weight excluding hydrogens is 276 g/mol. The van der Waals surface area contributed by atoms with Gasteiger partial charge in [0.05, 0.1) is 10.0 Å². The highest BCUT2D eigenvalue weighted by Crippen LogP contribution is 2.23. The third-order valence-electron chi connectivity index (χ3n) is 2.46. The summed E-state index contributed by atoms with van der Waals surface area (Å²) in [5.41, 5.74) is 5.56. The molecule has 1 amide bonds. The van der Waals surface area contributed by atoms with Gasteiger partial charge in [0.25, 0.3) is 5.91 Å². The van der Waals surface area contributed by atoms with Crippen LogP contribution >= 0.6 is 35.2 Å². The molecule has 94 valence electrons. The second kappa shape index (κ2) is 6.33. The van der Waals surface area contributed by atoms with E-state index in [9.17, 15) is 4.79 Å². The van der Waals surface area contributed by atoms with Crippen LogP contribution in [0.25, 0.3) is 0 Å². The molecule has 0 aliphatic heterocycles. The van der Waals surface area contributed by atoms with Gasteiger partial charge < -0.3 is 10.6 Å². The maximum atomic E-state index is 12.2. The van der Waals surface area contributed by atoms with Gasteiger partial charge in [-0.15, -0.1) is 11.3 Å². The van der Waals surface area contributed by atoms with Gasteiger partial charge in [0, 0.05) is 19.0 Å². The Labute approximate surface area is 116 Å². The molecule has 0 saturated carbocycles. The van der Waals surface area contributed by atoms with Crippen LogP contribution in [0.5, 0.6) is 0 Å². The predicted molar refractivity (Wildman–Crippen MR) is 76.9 cm³/mol. The average Bonchev–Trinajstić information content (AvgIpc) is 2.70. The van der Waals surface area contributed by atoms with E-state index in [0.29, 0.717) is 28.0 Å². The number of hydrogen-bond acceptors (Lipinski definition) is 3. The Morgan fingerprint density at radius 1 is 1.71 bits per heavy atom. The number of nitrogens with two attached hydrogens (primary N) is 1. The molecule has 0 saturated heterocycles. The topological polar surface area (TPSA) is 46.3 Å². The van der Waals surface area contributed by atoms with Crippen molar-refractivity contribution in [1.29, 1.82) is 0 Å². The highest BCUT2D eigenvalue weighted by molar-refractivity contribution is 7.80. The van der Waals surface area contributed by atoms with Crippen molar-refractivity contribution in [1.82, 2.24) is 4.90 Å². The van der Waals surface area contributed by atoms with Crippen LogP contribution in [0.4, 0.5) is 0 Å². The minimum atomic E-state index is -0.0596. The monoisotopic (exact) mass is 290 g/mol. The summed E-state index contributed by atoms with van der Waals surface area (Å²) in [5.74, 6) is -0.0526. The molecule has 0 bridgehead atoms. The summed E-state index contributed by atoms with van der Waals surface area (Å²) in [6.45, 7) is 4.97. The van der Waals surface area contributed by atoms with E-state index in [1.54, 1.807) is 16.3 Å². The predicted octanol–water partition coefficient (Wildman–Crippen LogP) is 2.79. The zero-order valence-corrected chi connectivity index (χ0v) is 12.2. The molecule has 0 aliphatic rings. The maximum Gasteiger partial charge on any atom is 0.265 e. The lowest BCUT2D eigenvalue weighted by atomic mass is 10.1. The molecule has 1 rings (SSSR count). The smallest absolute Gasteiger partial charge is 0.265 e. The zero-order chi connectivity index (χ0) is 13.0. The van der Waals surface area contributed by atoms with Gasteiger partial charge in [0.15, 0.2) is 0 Å². The van der Waals surface area contributed by atoms with E-state index in [0.717, 1.165) is 0 Å². The van der Waals surface area contributed by atoms with Crippen molar-refractivity contribution in [3.05, 3.63) is 21.3 Å². The van der Waals surface area contributed by atoms with E-state index in [4.69, 9.17) is 29.6 Å². The Hall–Kier alpha value is -0.650. The highest BCUT2D eigenvalue weighted by Gasteiger charge is 2.20. The van der Waals surface area contributed by atoms with E-state index in [1.165, 1.54) is 11.3 Å². The quantitative estimate of drug-likeness (QED) is 0.848. The Morgan fingerprint density at radius 3 is 2.76 bits per heavy atom. The van der Waals surface area contributed by atoms with Crippen molar-refractivity contribution in [2.75, 3.05) is 13.1 Å². The van der Waals surface area contributed by atoms with Crippen molar-refractivity contribution >= 4 is 46.1 Å².